The molecule has 1 amide bonds. The Morgan fingerprint density at radius 1 is 1.21 bits per heavy atom. The number of sulfonamides is 1. The molecule has 1 N–H and O–H groups in total. The summed E-state index contributed by atoms with van der Waals surface area (Å²) in [5.41, 5.74) is 1.30. The third kappa shape index (κ3) is 5.30. The van der Waals surface area contributed by atoms with Crippen molar-refractivity contribution in [3.8, 4) is 5.75 Å². The summed E-state index contributed by atoms with van der Waals surface area (Å²) < 4.78 is 31.4. The minimum Gasteiger partial charge on any atom is -0.490 e. The van der Waals surface area contributed by atoms with Crippen LogP contribution in [-0.4, -0.2) is 48.6 Å². The van der Waals surface area contributed by atoms with Gasteiger partial charge >= 0.3 is 0 Å². The van der Waals surface area contributed by atoms with Crippen molar-refractivity contribution in [1.82, 2.24) is 14.6 Å². The smallest absolute Gasteiger partial charge is 0.251 e. The van der Waals surface area contributed by atoms with Crippen LogP contribution < -0.4 is 10.1 Å². The Kier molecular flexibility index (Phi) is 6.64. The molecule has 1 aromatic carbocycles. The van der Waals surface area contributed by atoms with Gasteiger partial charge in [0.05, 0.1) is 18.0 Å². The van der Waals surface area contributed by atoms with E-state index in [4.69, 9.17) is 4.74 Å². The summed E-state index contributed by atoms with van der Waals surface area (Å²) in [4.78, 5) is 16.6. The van der Waals surface area contributed by atoms with Crippen LogP contribution in [0.3, 0.4) is 0 Å². The van der Waals surface area contributed by atoms with Crippen LogP contribution in [0, 0.1) is 0 Å². The number of hydrogen-bond donors (Lipinski definition) is 1. The quantitative estimate of drug-likeness (QED) is 0.766. The Bertz CT molecular complexity index is 895. The molecule has 28 heavy (non-hydrogen) atoms. The maximum Gasteiger partial charge on any atom is 0.251 e. The molecule has 0 spiro atoms. The average molecular weight is 404 g/mol. The molecule has 7 nitrogen and oxygen atoms in total. The molecule has 1 aliphatic heterocycles. The van der Waals surface area contributed by atoms with Crippen molar-refractivity contribution in [2.24, 2.45) is 0 Å². The van der Waals surface area contributed by atoms with E-state index in [0.717, 1.165) is 5.69 Å². The lowest BCUT2D eigenvalue weighted by Crippen LogP contribution is -2.42. The van der Waals surface area contributed by atoms with E-state index < -0.39 is 10.0 Å². The van der Waals surface area contributed by atoms with E-state index in [2.05, 4.69) is 10.3 Å². The van der Waals surface area contributed by atoms with E-state index in [1.165, 1.54) is 4.31 Å². The molecule has 0 bridgehead atoms. The highest BCUT2D eigenvalue weighted by molar-refractivity contribution is 7.89. The van der Waals surface area contributed by atoms with E-state index in [1.807, 2.05) is 24.3 Å². The molecule has 1 aliphatic rings. The van der Waals surface area contributed by atoms with Crippen molar-refractivity contribution in [1.29, 1.82) is 0 Å². The third-order valence-corrected chi connectivity index (χ3v) is 6.60. The van der Waals surface area contributed by atoms with Crippen molar-refractivity contribution >= 4 is 15.9 Å². The molecule has 2 aromatic rings. The first-order chi connectivity index (χ1) is 13.5. The predicted octanol–water partition coefficient (Wildman–Crippen LogP) is 2.20. The first kappa shape index (κ1) is 20.3. The van der Waals surface area contributed by atoms with E-state index in [9.17, 15) is 13.2 Å². The van der Waals surface area contributed by atoms with Gasteiger partial charge in [-0.15, -0.1) is 0 Å². The first-order valence-corrected chi connectivity index (χ1v) is 11.0. The lowest BCUT2D eigenvalue weighted by molar-refractivity contribution is 0.0948. The number of amides is 1. The number of pyridine rings is 1. The molecule has 2 heterocycles. The van der Waals surface area contributed by atoms with Crippen LogP contribution in [-0.2, 0) is 16.6 Å². The fourth-order valence-electron chi connectivity index (χ4n) is 3.09. The zero-order valence-electron chi connectivity index (χ0n) is 15.9. The van der Waals surface area contributed by atoms with Gasteiger partial charge in [0.15, 0.2) is 0 Å². The lowest BCUT2D eigenvalue weighted by Gasteiger charge is -2.31. The largest absolute Gasteiger partial charge is 0.490 e. The van der Waals surface area contributed by atoms with Crippen molar-refractivity contribution < 1.29 is 17.9 Å². The van der Waals surface area contributed by atoms with Crippen LogP contribution in [0.2, 0.25) is 0 Å². The summed E-state index contributed by atoms with van der Waals surface area (Å²) in [5.74, 6) is 0.538. The van der Waals surface area contributed by atoms with Gasteiger partial charge in [-0.2, -0.15) is 0 Å². The van der Waals surface area contributed by atoms with Gasteiger partial charge in [-0.05, 0) is 50.1 Å². The second-order valence-electron chi connectivity index (χ2n) is 6.65. The van der Waals surface area contributed by atoms with Crippen LogP contribution in [0.25, 0.3) is 0 Å². The molecule has 1 saturated heterocycles. The minimum absolute atomic E-state index is 0.0601. The summed E-state index contributed by atoms with van der Waals surface area (Å²) in [6.07, 6.45) is 2.90. The van der Waals surface area contributed by atoms with Gasteiger partial charge < -0.3 is 10.1 Å². The zero-order chi connectivity index (χ0) is 20.0. The van der Waals surface area contributed by atoms with Crippen molar-refractivity contribution in [2.75, 3.05) is 18.8 Å². The van der Waals surface area contributed by atoms with Crippen molar-refractivity contribution in [2.45, 2.75) is 32.4 Å². The van der Waals surface area contributed by atoms with Crippen LogP contribution in [0.15, 0.2) is 48.7 Å². The number of rotatable bonds is 7. The van der Waals surface area contributed by atoms with Crippen LogP contribution in [0.5, 0.6) is 5.75 Å². The number of nitrogens with one attached hydrogen (secondary N) is 1. The van der Waals surface area contributed by atoms with Gasteiger partial charge in [-0.25, -0.2) is 12.7 Å². The number of hydrogen-bond acceptors (Lipinski definition) is 5. The highest BCUT2D eigenvalue weighted by Crippen LogP contribution is 2.21. The molecule has 3 rings (SSSR count). The topological polar surface area (TPSA) is 88.6 Å². The Labute approximate surface area is 165 Å². The summed E-state index contributed by atoms with van der Waals surface area (Å²) in [6, 6.07) is 12.6. The Morgan fingerprint density at radius 2 is 2.00 bits per heavy atom. The summed E-state index contributed by atoms with van der Waals surface area (Å²) in [6.45, 7) is 2.94. The van der Waals surface area contributed by atoms with Gasteiger partial charge in [0.1, 0.15) is 11.9 Å². The third-order valence-electron chi connectivity index (χ3n) is 4.71. The first-order valence-electron chi connectivity index (χ1n) is 9.40. The molecule has 8 heteroatoms. The Morgan fingerprint density at radius 3 is 2.68 bits per heavy atom. The molecular formula is C20H25N3O4S. The molecule has 0 unspecified atom stereocenters. The Balaban J connectivity index is 1.54. The van der Waals surface area contributed by atoms with Gasteiger partial charge in [0.25, 0.3) is 5.91 Å². The van der Waals surface area contributed by atoms with Crippen molar-refractivity contribution in [3.63, 3.8) is 0 Å². The number of aromatic nitrogens is 1. The van der Waals surface area contributed by atoms with Crippen molar-refractivity contribution in [3.05, 3.63) is 59.9 Å². The molecule has 0 atom stereocenters. The van der Waals surface area contributed by atoms with E-state index in [-0.39, 0.29) is 17.8 Å². The van der Waals surface area contributed by atoms with Crippen LogP contribution >= 0.6 is 0 Å². The monoisotopic (exact) mass is 403 g/mol. The fourth-order valence-corrected chi connectivity index (χ4v) is 4.22. The number of carbonyl (C=O) groups is 1. The molecule has 0 aliphatic carbocycles. The second kappa shape index (κ2) is 9.16. The maximum absolute atomic E-state index is 12.4. The molecule has 0 saturated carbocycles. The average Bonchev–Trinajstić information content (AvgIpc) is 2.73. The zero-order valence-corrected chi connectivity index (χ0v) is 16.7. The molecule has 0 radical (unpaired) electrons. The molecule has 150 valence electrons. The maximum atomic E-state index is 12.4. The second-order valence-corrected chi connectivity index (χ2v) is 8.91. The number of carbonyl (C=O) groups excluding carboxylic acids is 1. The molecule has 1 aromatic heterocycles. The standard InChI is InChI=1S/C20H25N3O4S/c1-2-28(25,26)23-12-9-18(10-13-23)27-19-8-5-6-16(14-19)20(24)22-15-17-7-3-4-11-21-17/h3-8,11,14,18H,2,9-10,12-13,15H2,1H3,(H,22,24). The molecule has 1 fully saturated rings. The van der Waals surface area contributed by atoms with Gasteiger partial charge in [-0.3, -0.25) is 9.78 Å². The lowest BCUT2D eigenvalue weighted by atomic mass is 10.1. The highest BCUT2D eigenvalue weighted by atomic mass is 32.2. The van der Waals surface area contributed by atoms with Gasteiger partial charge in [-0.1, -0.05) is 12.1 Å². The number of piperidine rings is 1. The number of nitrogens with zero attached hydrogens (tertiary/aromatic N) is 2. The van der Waals surface area contributed by atoms with E-state index in [0.29, 0.717) is 43.8 Å². The predicted molar refractivity (Wildman–Crippen MR) is 107 cm³/mol. The van der Waals surface area contributed by atoms with Gasteiger partial charge in [0, 0.05) is 24.8 Å². The highest BCUT2D eigenvalue weighted by Gasteiger charge is 2.27. The van der Waals surface area contributed by atoms with E-state index in [1.54, 1.807) is 31.3 Å². The Hall–Kier alpha value is -2.45. The minimum atomic E-state index is -3.15. The normalized spacial score (nSPS) is 15.9. The van der Waals surface area contributed by atoms with E-state index >= 15 is 0 Å². The molecular weight excluding hydrogens is 378 g/mol. The van der Waals surface area contributed by atoms with Crippen LogP contribution in [0.1, 0.15) is 35.8 Å². The number of benzene rings is 1. The summed E-state index contributed by atoms with van der Waals surface area (Å²) >= 11 is 0. The SMILES string of the molecule is CCS(=O)(=O)N1CCC(Oc2cccc(C(=O)NCc3ccccn3)c2)CC1. The van der Waals surface area contributed by atoms with Gasteiger partial charge in [0.2, 0.25) is 10.0 Å². The summed E-state index contributed by atoms with van der Waals surface area (Å²) in [7, 11) is -3.15. The van der Waals surface area contributed by atoms with Crippen LogP contribution in [0.4, 0.5) is 0 Å². The fraction of sp³-hybridized carbons (Fsp3) is 0.400. The number of ether oxygens (including phenoxy) is 1. The summed E-state index contributed by atoms with van der Waals surface area (Å²) in [5, 5.41) is 2.84.